The summed E-state index contributed by atoms with van der Waals surface area (Å²) in [7, 11) is 0. The van der Waals surface area contributed by atoms with Crippen LogP contribution in [0.1, 0.15) is 29.7 Å². The van der Waals surface area contributed by atoms with Crippen molar-refractivity contribution in [3.8, 4) is 0 Å². The van der Waals surface area contributed by atoms with Crippen LogP contribution in [0.15, 0.2) is 6.20 Å². The van der Waals surface area contributed by atoms with E-state index >= 15 is 0 Å². The molecule has 0 amide bonds. The van der Waals surface area contributed by atoms with Gasteiger partial charge in [-0.3, -0.25) is 0 Å². The number of carbonyl (C=O) groups is 1. The quantitative estimate of drug-likeness (QED) is 0.829. The van der Waals surface area contributed by atoms with Crippen LogP contribution in [0.5, 0.6) is 0 Å². The maximum absolute atomic E-state index is 12.8. The Hall–Kier alpha value is -1.73. The van der Waals surface area contributed by atoms with E-state index in [1.807, 2.05) is 0 Å². The fourth-order valence-corrected chi connectivity index (χ4v) is 1.88. The SMILES string of the molecule is CCOC(=O)c1cnn2c1NCCC2C(F)(F)F. The Labute approximate surface area is 101 Å². The van der Waals surface area contributed by atoms with Gasteiger partial charge in [-0.1, -0.05) is 0 Å². The zero-order valence-corrected chi connectivity index (χ0v) is 9.62. The molecule has 100 valence electrons. The van der Waals surface area contributed by atoms with E-state index in [1.54, 1.807) is 6.92 Å². The van der Waals surface area contributed by atoms with Crippen molar-refractivity contribution in [2.75, 3.05) is 18.5 Å². The van der Waals surface area contributed by atoms with Crippen molar-refractivity contribution >= 4 is 11.8 Å². The van der Waals surface area contributed by atoms with Crippen molar-refractivity contribution < 1.29 is 22.7 Å². The highest BCUT2D eigenvalue weighted by molar-refractivity contribution is 5.94. The first-order valence-electron chi connectivity index (χ1n) is 5.50. The molecule has 8 heteroatoms. The van der Waals surface area contributed by atoms with E-state index in [9.17, 15) is 18.0 Å². The molecule has 1 aromatic heterocycles. The standard InChI is InChI=1S/C10H12F3N3O2/c1-2-18-9(17)6-5-15-16-7(10(11,12)13)3-4-14-8(6)16/h5,7,14H,2-4H2,1H3. The molecular weight excluding hydrogens is 251 g/mol. The Morgan fingerprint density at radius 2 is 2.39 bits per heavy atom. The summed E-state index contributed by atoms with van der Waals surface area (Å²) < 4.78 is 43.9. The number of carbonyl (C=O) groups excluding carboxylic acids is 1. The summed E-state index contributed by atoms with van der Waals surface area (Å²) in [6.45, 7) is 1.92. The Kier molecular flexibility index (Phi) is 3.18. The van der Waals surface area contributed by atoms with Crippen LogP contribution in [0, 0.1) is 0 Å². The van der Waals surface area contributed by atoms with Crippen molar-refractivity contribution in [1.29, 1.82) is 0 Å². The molecule has 1 atom stereocenters. The number of ether oxygens (including phenoxy) is 1. The van der Waals surface area contributed by atoms with Crippen LogP contribution in [-0.2, 0) is 4.74 Å². The monoisotopic (exact) mass is 263 g/mol. The lowest BCUT2D eigenvalue weighted by Gasteiger charge is -2.27. The van der Waals surface area contributed by atoms with Crippen LogP contribution in [0.4, 0.5) is 19.0 Å². The fourth-order valence-electron chi connectivity index (χ4n) is 1.88. The van der Waals surface area contributed by atoms with E-state index < -0.39 is 18.2 Å². The smallest absolute Gasteiger partial charge is 0.410 e. The average molecular weight is 263 g/mol. The number of halogens is 3. The molecule has 1 aliphatic rings. The van der Waals surface area contributed by atoms with Crippen molar-refractivity contribution in [1.82, 2.24) is 9.78 Å². The third-order valence-electron chi connectivity index (χ3n) is 2.67. The zero-order chi connectivity index (χ0) is 13.3. The van der Waals surface area contributed by atoms with Gasteiger partial charge in [0.05, 0.1) is 12.8 Å². The molecule has 0 aromatic carbocycles. The van der Waals surface area contributed by atoms with Crippen molar-refractivity contribution in [3.05, 3.63) is 11.8 Å². The summed E-state index contributed by atoms with van der Waals surface area (Å²) in [6.07, 6.45) is -3.39. The first-order valence-corrected chi connectivity index (χ1v) is 5.50. The minimum atomic E-state index is -4.38. The summed E-state index contributed by atoms with van der Waals surface area (Å²) in [4.78, 5) is 11.5. The van der Waals surface area contributed by atoms with Crippen LogP contribution < -0.4 is 5.32 Å². The van der Waals surface area contributed by atoms with Crippen LogP contribution in [-0.4, -0.2) is 35.1 Å². The van der Waals surface area contributed by atoms with Gasteiger partial charge in [-0.15, -0.1) is 0 Å². The lowest BCUT2D eigenvalue weighted by atomic mass is 10.1. The molecule has 1 aliphatic heterocycles. The molecule has 1 unspecified atom stereocenters. The number of nitrogens with zero attached hydrogens (tertiary/aromatic N) is 2. The first-order chi connectivity index (χ1) is 8.45. The molecule has 18 heavy (non-hydrogen) atoms. The lowest BCUT2D eigenvalue weighted by Crippen LogP contribution is -2.34. The third-order valence-corrected chi connectivity index (χ3v) is 2.67. The molecule has 0 fully saturated rings. The van der Waals surface area contributed by atoms with Crippen molar-refractivity contribution in [2.45, 2.75) is 25.6 Å². The van der Waals surface area contributed by atoms with E-state index in [4.69, 9.17) is 4.74 Å². The second-order valence-electron chi connectivity index (χ2n) is 3.84. The van der Waals surface area contributed by atoms with Gasteiger partial charge >= 0.3 is 12.1 Å². The highest BCUT2D eigenvalue weighted by Gasteiger charge is 2.44. The predicted molar refractivity (Wildman–Crippen MR) is 56.4 cm³/mol. The molecule has 2 rings (SSSR count). The molecule has 0 radical (unpaired) electrons. The first kappa shape index (κ1) is 12.7. The van der Waals surface area contributed by atoms with Gasteiger partial charge in [0.25, 0.3) is 0 Å². The normalized spacial score (nSPS) is 19.0. The van der Waals surface area contributed by atoms with Gasteiger partial charge in [0, 0.05) is 6.54 Å². The number of nitrogens with one attached hydrogen (secondary N) is 1. The van der Waals surface area contributed by atoms with Gasteiger partial charge in [-0.05, 0) is 13.3 Å². The zero-order valence-electron chi connectivity index (χ0n) is 9.62. The Morgan fingerprint density at radius 1 is 1.67 bits per heavy atom. The van der Waals surface area contributed by atoms with E-state index in [1.165, 1.54) is 0 Å². The summed E-state index contributed by atoms with van der Waals surface area (Å²) in [5.74, 6) is -0.601. The fraction of sp³-hybridized carbons (Fsp3) is 0.600. The number of hydrogen-bond acceptors (Lipinski definition) is 4. The van der Waals surface area contributed by atoms with E-state index in [2.05, 4.69) is 10.4 Å². The average Bonchev–Trinajstić information content (AvgIpc) is 2.71. The summed E-state index contributed by atoms with van der Waals surface area (Å²) in [6, 6.07) is -1.70. The molecule has 0 aliphatic carbocycles. The van der Waals surface area contributed by atoms with Gasteiger partial charge in [-0.2, -0.15) is 18.3 Å². The molecule has 0 saturated heterocycles. The van der Waals surface area contributed by atoms with Gasteiger partial charge in [0.15, 0.2) is 6.04 Å². The van der Waals surface area contributed by atoms with E-state index in [-0.39, 0.29) is 31.0 Å². The molecule has 0 saturated carbocycles. The number of rotatable bonds is 2. The number of esters is 1. The third kappa shape index (κ3) is 2.14. The summed E-state index contributed by atoms with van der Waals surface area (Å²) >= 11 is 0. The molecule has 2 heterocycles. The molecule has 1 aromatic rings. The Balaban J connectivity index is 2.35. The summed E-state index contributed by atoms with van der Waals surface area (Å²) in [5, 5.41) is 6.39. The van der Waals surface area contributed by atoms with Gasteiger partial charge in [0.1, 0.15) is 11.4 Å². The van der Waals surface area contributed by atoms with Crippen LogP contribution in [0.3, 0.4) is 0 Å². The highest BCUT2D eigenvalue weighted by Crippen LogP contribution is 2.38. The predicted octanol–water partition coefficient (Wildman–Crippen LogP) is 1.98. The second-order valence-corrected chi connectivity index (χ2v) is 3.84. The van der Waals surface area contributed by atoms with Crippen molar-refractivity contribution in [3.63, 3.8) is 0 Å². The Morgan fingerprint density at radius 3 is 3.00 bits per heavy atom. The van der Waals surface area contributed by atoms with Gasteiger partial charge < -0.3 is 10.1 Å². The molecule has 1 N–H and O–H groups in total. The van der Waals surface area contributed by atoms with E-state index in [0.29, 0.717) is 0 Å². The number of aromatic nitrogens is 2. The van der Waals surface area contributed by atoms with Crippen LogP contribution >= 0.6 is 0 Å². The Bertz CT molecular complexity index is 456. The van der Waals surface area contributed by atoms with Crippen LogP contribution in [0.2, 0.25) is 0 Å². The number of alkyl halides is 3. The number of fused-ring (bicyclic) bond motifs is 1. The summed E-state index contributed by atoms with van der Waals surface area (Å²) in [5.41, 5.74) is 0.0331. The minimum absolute atomic E-state index is 0.0331. The van der Waals surface area contributed by atoms with Gasteiger partial charge in [-0.25, -0.2) is 9.48 Å². The highest BCUT2D eigenvalue weighted by atomic mass is 19.4. The maximum atomic E-state index is 12.8. The van der Waals surface area contributed by atoms with E-state index in [0.717, 1.165) is 10.9 Å². The molecular formula is C10H12F3N3O2. The van der Waals surface area contributed by atoms with Crippen molar-refractivity contribution in [2.24, 2.45) is 0 Å². The maximum Gasteiger partial charge on any atom is 0.410 e. The van der Waals surface area contributed by atoms with Crippen LogP contribution in [0.25, 0.3) is 0 Å². The lowest BCUT2D eigenvalue weighted by molar-refractivity contribution is -0.171. The second kappa shape index (κ2) is 4.51. The topological polar surface area (TPSA) is 56.1 Å². The number of anilines is 1. The largest absolute Gasteiger partial charge is 0.462 e. The molecule has 5 nitrogen and oxygen atoms in total. The molecule has 0 spiro atoms. The molecule has 0 bridgehead atoms. The van der Waals surface area contributed by atoms with Gasteiger partial charge in [0.2, 0.25) is 0 Å². The minimum Gasteiger partial charge on any atom is -0.462 e. The number of hydrogen-bond donors (Lipinski definition) is 1.